The summed E-state index contributed by atoms with van der Waals surface area (Å²) in [6, 6.07) is 11.9. The molecule has 1 saturated heterocycles. The monoisotopic (exact) mass is 422 g/mol. The fourth-order valence-corrected chi connectivity index (χ4v) is 4.50. The third-order valence-corrected chi connectivity index (χ3v) is 6.30. The van der Waals surface area contributed by atoms with E-state index in [-0.39, 0.29) is 5.91 Å². The highest BCUT2D eigenvalue weighted by Crippen LogP contribution is 2.26. The second-order valence-corrected chi connectivity index (χ2v) is 8.39. The van der Waals surface area contributed by atoms with E-state index in [1.54, 1.807) is 7.11 Å². The summed E-state index contributed by atoms with van der Waals surface area (Å²) in [5, 5.41) is 1.95. The summed E-state index contributed by atoms with van der Waals surface area (Å²) in [6.07, 6.45) is 0.764. The van der Waals surface area contributed by atoms with Crippen LogP contribution >= 0.6 is 11.3 Å². The van der Waals surface area contributed by atoms with Crippen molar-refractivity contribution in [2.75, 3.05) is 38.2 Å². The summed E-state index contributed by atoms with van der Waals surface area (Å²) >= 11 is 1.50. The molecular formula is C23H26N4O2S. The smallest absolute Gasteiger partial charge is 0.264 e. The van der Waals surface area contributed by atoms with Crippen LogP contribution in [0, 0.1) is 13.8 Å². The van der Waals surface area contributed by atoms with Crippen LogP contribution in [0.3, 0.4) is 0 Å². The number of hydrogen-bond donors (Lipinski definition) is 0. The number of thiophene rings is 1. The number of hydrogen-bond acceptors (Lipinski definition) is 6. The SMILES string of the molecule is COc1ccc(Cc2c(C)nc(C)nc2N2CCN(C(=O)c3cccs3)CC2)cc1. The number of carbonyl (C=O) groups is 1. The van der Waals surface area contributed by atoms with E-state index in [1.807, 2.05) is 48.4 Å². The second-order valence-electron chi connectivity index (χ2n) is 7.44. The molecule has 0 radical (unpaired) electrons. The zero-order valence-corrected chi connectivity index (χ0v) is 18.4. The Morgan fingerprint density at radius 2 is 1.80 bits per heavy atom. The maximum absolute atomic E-state index is 12.7. The third-order valence-electron chi connectivity index (χ3n) is 5.44. The molecule has 1 aliphatic rings. The van der Waals surface area contributed by atoms with Crippen LogP contribution in [0.4, 0.5) is 5.82 Å². The minimum absolute atomic E-state index is 0.123. The lowest BCUT2D eigenvalue weighted by Crippen LogP contribution is -2.49. The fourth-order valence-electron chi connectivity index (χ4n) is 3.81. The van der Waals surface area contributed by atoms with Crippen LogP contribution in [-0.4, -0.2) is 54.1 Å². The molecule has 0 N–H and O–H groups in total. The van der Waals surface area contributed by atoms with E-state index in [1.165, 1.54) is 16.9 Å². The molecule has 3 heterocycles. The number of methoxy groups -OCH3 is 1. The zero-order chi connectivity index (χ0) is 21.1. The van der Waals surface area contributed by atoms with Gasteiger partial charge in [0.15, 0.2) is 0 Å². The Balaban J connectivity index is 1.53. The number of aryl methyl sites for hydroxylation is 2. The molecule has 4 rings (SSSR count). The number of anilines is 1. The van der Waals surface area contributed by atoms with Gasteiger partial charge in [-0.25, -0.2) is 9.97 Å². The molecule has 2 aromatic heterocycles. The Morgan fingerprint density at radius 1 is 1.07 bits per heavy atom. The molecule has 6 nitrogen and oxygen atoms in total. The molecular weight excluding hydrogens is 396 g/mol. The standard InChI is InChI=1S/C23H26N4O2S/c1-16-20(15-18-6-8-19(29-3)9-7-18)22(25-17(2)24-16)26-10-12-27(13-11-26)23(28)21-5-4-14-30-21/h4-9,14H,10-13,15H2,1-3H3. The van der Waals surface area contributed by atoms with Gasteiger partial charge >= 0.3 is 0 Å². The quantitative estimate of drug-likeness (QED) is 0.627. The molecule has 0 bridgehead atoms. The van der Waals surface area contributed by atoms with Crippen molar-refractivity contribution in [3.05, 3.63) is 69.3 Å². The maximum Gasteiger partial charge on any atom is 0.264 e. The summed E-state index contributed by atoms with van der Waals surface area (Å²) in [5.41, 5.74) is 3.34. The Hall–Kier alpha value is -2.93. The van der Waals surface area contributed by atoms with Crippen LogP contribution in [0.5, 0.6) is 5.75 Å². The van der Waals surface area contributed by atoms with Gasteiger partial charge in [-0.2, -0.15) is 0 Å². The van der Waals surface area contributed by atoms with Gasteiger partial charge in [0.1, 0.15) is 17.4 Å². The van der Waals surface area contributed by atoms with Crippen molar-refractivity contribution in [2.24, 2.45) is 0 Å². The number of benzene rings is 1. The molecule has 1 amide bonds. The molecule has 0 saturated carbocycles. The van der Waals surface area contributed by atoms with Crippen LogP contribution < -0.4 is 9.64 Å². The van der Waals surface area contributed by atoms with Crippen LogP contribution in [0.1, 0.15) is 32.3 Å². The second kappa shape index (κ2) is 8.83. The molecule has 0 spiro atoms. The summed E-state index contributed by atoms with van der Waals surface area (Å²) in [4.78, 5) is 27.1. The average molecular weight is 423 g/mol. The number of rotatable bonds is 5. The average Bonchev–Trinajstić information content (AvgIpc) is 3.30. The first-order valence-corrected chi connectivity index (χ1v) is 11.0. The van der Waals surface area contributed by atoms with Crippen molar-refractivity contribution in [3.63, 3.8) is 0 Å². The predicted octanol–water partition coefficient (Wildman–Crippen LogP) is 3.72. The van der Waals surface area contributed by atoms with E-state index >= 15 is 0 Å². The van der Waals surface area contributed by atoms with Crippen molar-refractivity contribution in [3.8, 4) is 5.75 Å². The lowest BCUT2D eigenvalue weighted by atomic mass is 10.0. The Morgan fingerprint density at radius 3 is 2.43 bits per heavy atom. The van der Waals surface area contributed by atoms with Gasteiger partial charge in [0, 0.05) is 43.9 Å². The number of nitrogens with zero attached hydrogens (tertiary/aromatic N) is 4. The first-order chi connectivity index (χ1) is 14.5. The van der Waals surface area contributed by atoms with Crippen molar-refractivity contribution < 1.29 is 9.53 Å². The minimum Gasteiger partial charge on any atom is -0.497 e. The lowest BCUT2D eigenvalue weighted by Gasteiger charge is -2.36. The van der Waals surface area contributed by atoms with Crippen molar-refractivity contribution in [1.82, 2.24) is 14.9 Å². The van der Waals surface area contributed by atoms with Crippen molar-refractivity contribution in [2.45, 2.75) is 20.3 Å². The Bertz CT molecular complexity index is 1010. The van der Waals surface area contributed by atoms with Gasteiger partial charge in [0.25, 0.3) is 5.91 Å². The van der Waals surface area contributed by atoms with E-state index in [2.05, 4.69) is 22.0 Å². The summed E-state index contributed by atoms with van der Waals surface area (Å²) < 4.78 is 5.27. The van der Waals surface area contributed by atoms with E-state index in [4.69, 9.17) is 9.72 Å². The van der Waals surface area contributed by atoms with Crippen molar-refractivity contribution >= 4 is 23.1 Å². The molecule has 0 aliphatic carbocycles. The maximum atomic E-state index is 12.7. The van der Waals surface area contributed by atoms with E-state index in [0.29, 0.717) is 13.1 Å². The molecule has 3 aromatic rings. The minimum atomic E-state index is 0.123. The van der Waals surface area contributed by atoms with Crippen LogP contribution in [0.15, 0.2) is 41.8 Å². The zero-order valence-electron chi connectivity index (χ0n) is 17.6. The molecule has 0 unspecified atom stereocenters. The fraction of sp³-hybridized carbons (Fsp3) is 0.348. The van der Waals surface area contributed by atoms with Gasteiger partial charge in [-0.1, -0.05) is 18.2 Å². The number of ether oxygens (including phenoxy) is 1. The molecule has 1 aliphatic heterocycles. The summed E-state index contributed by atoms with van der Waals surface area (Å²) in [6.45, 7) is 6.91. The lowest BCUT2D eigenvalue weighted by molar-refractivity contribution is 0.0751. The molecule has 0 atom stereocenters. The largest absolute Gasteiger partial charge is 0.497 e. The highest BCUT2D eigenvalue weighted by atomic mass is 32.1. The topological polar surface area (TPSA) is 58.6 Å². The van der Waals surface area contributed by atoms with Gasteiger partial charge < -0.3 is 14.5 Å². The number of aromatic nitrogens is 2. The summed E-state index contributed by atoms with van der Waals surface area (Å²) in [7, 11) is 1.67. The first kappa shape index (κ1) is 20.3. The molecule has 7 heteroatoms. The van der Waals surface area contributed by atoms with E-state index in [9.17, 15) is 4.79 Å². The Labute approximate surface area is 181 Å². The number of piperazine rings is 1. The molecule has 1 fully saturated rings. The van der Waals surface area contributed by atoms with E-state index in [0.717, 1.165) is 53.0 Å². The van der Waals surface area contributed by atoms with Gasteiger partial charge in [-0.3, -0.25) is 4.79 Å². The van der Waals surface area contributed by atoms with Crippen LogP contribution in [0.25, 0.3) is 0 Å². The predicted molar refractivity (Wildman–Crippen MR) is 120 cm³/mol. The molecule has 1 aromatic carbocycles. The highest BCUT2D eigenvalue weighted by Gasteiger charge is 2.25. The van der Waals surface area contributed by atoms with Crippen LogP contribution in [-0.2, 0) is 6.42 Å². The van der Waals surface area contributed by atoms with Gasteiger partial charge in [0.2, 0.25) is 0 Å². The Kier molecular flexibility index (Phi) is 5.99. The van der Waals surface area contributed by atoms with Crippen molar-refractivity contribution in [1.29, 1.82) is 0 Å². The number of carbonyl (C=O) groups excluding carboxylic acids is 1. The summed E-state index contributed by atoms with van der Waals surface area (Å²) in [5.74, 6) is 2.73. The number of amides is 1. The first-order valence-electron chi connectivity index (χ1n) is 10.1. The third kappa shape index (κ3) is 4.31. The highest BCUT2D eigenvalue weighted by molar-refractivity contribution is 7.12. The van der Waals surface area contributed by atoms with Gasteiger partial charge in [-0.15, -0.1) is 11.3 Å². The molecule has 156 valence electrons. The van der Waals surface area contributed by atoms with Crippen LogP contribution in [0.2, 0.25) is 0 Å². The van der Waals surface area contributed by atoms with Gasteiger partial charge in [-0.05, 0) is 43.0 Å². The van der Waals surface area contributed by atoms with E-state index < -0.39 is 0 Å². The normalized spacial score (nSPS) is 14.1. The molecule has 30 heavy (non-hydrogen) atoms. The van der Waals surface area contributed by atoms with Gasteiger partial charge in [0.05, 0.1) is 12.0 Å².